The first-order valence-electron chi connectivity index (χ1n) is 7.56. The van der Waals surface area contributed by atoms with Gasteiger partial charge in [-0.15, -0.1) is 0 Å². The lowest BCUT2D eigenvalue weighted by atomic mass is 10.1. The van der Waals surface area contributed by atoms with Gasteiger partial charge >= 0.3 is 6.18 Å². The van der Waals surface area contributed by atoms with E-state index in [1.807, 2.05) is 0 Å². The number of carbonyl (C=O) groups excluding carboxylic acids is 2. The Kier molecular flexibility index (Phi) is 5.46. The van der Waals surface area contributed by atoms with Crippen molar-refractivity contribution in [2.24, 2.45) is 5.92 Å². The van der Waals surface area contributed by atoms with Crippen molar-refractivity contribution >= 4 is 23.2 Å². The van der Waals surface area contributed by atoms with E-state index in [0.29, 0.717) is 11.4 Å². The molecule has 2 rings (SSSR count). The van der Waals surface area contributed by atoms with E-state index >= 15 is 0 Å². The van der Waals surface area contributed by atoms with Gasteiger partial charge in [-0.2, -0.15) is 13.2 Å². The van der Waals surface area contributed by atoms with E-state index in [4.69, 9.17) is 0 Å². The summed E-state index contributed by atoms with van der Waals surface area (Å²) in [5.74, 6) is -0.953. The van der Waals surface area contributed by atoms with Gasteiger partial charge in [0.25, 0.3) is 5.91 Å². The molecule has 2 aromatic carbocycles. The van der Waals surface area contributed by atoms with Crippen LogP contribution in [0.2, 0.25) is 0 Å². The molecule has 0 aliphatic rings. The first kappa shape index (κ1) is 18.5. The van der Waals surface area contributed by atoms with E-state index in [0.717, 1.165) is 12.1 Å². The normalized spacial score (nSPS) is 11.3. The van der Waals surface area contributed by atoms with Crippen molar-refractivity contribution in [2.75, 3.05) is 10.6 Å². The van der Waals surface area contributed by atoms with Gasteiger partial charge < -0.3 is 10.6 Å². The van der Waals surface area contributed by atoms with Gasteiger partial charge in [0.15, 0.2) is 0 Å². The van der Waals surface area contributed by atoms with Crippen LogP contribution in [0.5, 0.6) is 0 Å². The Morgan fingerprint density at radius 1 is 0.920 bits per heavy atom. The first-order chi connectivity index (χ1) is 11.7. The van der Waals surface area contributed by atoms with Crippen LogP contribution in [0.1, 0.15) is 29.8 Å². The SMILES string of the molecule is CC(C)C(=O)Nc1ccc(NC(=O)c2cccc(C(F)(F)F)c2)cc1. The van der Waals surface area contributed by atoms with Crippen LogP contribution in [-0.2, 0) is 11.0 Å². The largest absolute Gasteiger partial charge is 0.416 e. The Hall–Kier alpha value is -2.83. The van der Waals surface area contributed by atoms with Crippen LogP contribution < -0.4 is 10.6 Å². The number of benzene rings is 2. The Labute approximate surface area is 143 Å². The fraction of sp³-hybridized carbons (Fsp3) is 0.222. The molecular formula is C18H17F3N2O2. The maximum atomic E-state index is 12.7. The van der Waals surface area contributed by atoms with Crippen molar-refractivity contribution in [2.45, 2.75) is 20.0 Å². The number of anilines is 2. The van der Waals surface area contributed by atoms with Crippen molar-refractivity contribution in [3.05, 3.63) is 59.7 Å². The van der Waals surface area contributed by atoms with E-state index in [2.05, 4.69) is 10.6 Å². The highest BCUT2D eigenvalue weighted by Crippen LogP contribution is 2.29. The van der Waals surface area contributed by atoms with Crippen LogP contribution in [0.25, 0.3) is 0 Å². The quantitative estimate of drug-likeness (QED) is 0.850. The summed E-state index contributed by atoms with van der Waals surface area (Å²) in [7, 11) is 0. The molecule has 0 spiro atoms. The second-order valence-corrected chi connectivity index (χ2v) is 5.75. The highest BCUT2D eigenvalue weighted by atomic mass is 19.4. The minimum atomic E-state index is -4.51. The van der Waals surface area contributed by atoms with Crippen LogP contribution >= 0.6 is 0 Å². The average Bonchev–Trinajstić information content (AvgIpc) is 2.55. The fourth-order valence-corrected chi connectivity index (χ4v) is 1.96. The predicted octanol–water partition coefficient (Wildman–Crippen LogP) is 4.55. The Morgan fingerprint density at radius 3 is 2.00 bits per heavy atom. The van der Waals surface area contributed by atoms with Crippen molar-refractivity contribution < 1.29 is 22.8 Å². The van der Waals surface area contributed by atoms with E-state index in [1.54, 1.807) is 38.1 Å². The molecule has 2 aromatic rings. The second kappa shape index (κ2) is 7.38. The molecule has 0 heterocycles. The van der Waals surface area contributed by atoms with E-state index in [9.17, 15) is 22.8 Å². The predicted molar refractivity (Wildman–Crippen MR) is 89.3 cm³/mol. The molecule has 4 nitrogen and oxygen atoms in total. The molecule has 0 atom stereocenters. The Bertz CT molecular complexity index is 769. The molecule has 0 saturated carbocycles. The lowest BCUT2D eigenvalue weighted by Crippen LogP contribution is -2.17. The second-order valence-electron chi connectivity index (χ2n) is 5.75. The molecule has 0 saturated heterocycles. The van der Waals surface area contributed by atoms with Crippen LogP contribution in [0, 0.1) is 5.92 Å². The summed E-state index contributed by atoms with van der Waals surface area (Å²) < 4.78 is 38.1. The molecule has 7 heteroatoms. The molecular weight excluding hydrogens is 333 g/mol. The van der Waals surface area contributed by atoms with Crippen LogP contribution in [-0.4, -0.2) is 11.8 Å². The molecule has 25 heavy (non-hydrogen) atoms. The maximum absolute atomic E-state index is 12.7. The van der Waals surface area contributed by atoms with E-state index in [-0.39, 0.29) is 17.4 Å². The molecule has 2 amide bonds. The van der Waals surface area contributed by atoms with Crippen LogP contribution in [0.4, 0.5) is 24.5 Å². The Morgan fingerprint density at radius 2 is 1.48 bits per heavy atom. The summed E-state index contributed by atoms with van der Waals surface area (Å²) in [4.78, 5) is 23.7. The van der Waals surface area contributed by atoms with Gasteiger partial charge in [-0.05, 0) is 42.5 Å². The van der Waals surface area contributed by atoms with Crippen molar-refractivity contribution in [3.8, 4) is 0 Å². The summed E-state index contributed by atoms with van der Waals surface area (Å²) in [6.07, 6.45) is -4.51. The van der Waals surface area contributed by atoms with Crippen molar-refractivity contribution in [1.82, 2.24) is 0 Å². The molecule has 0 aliphatic carbocycles. The number of amides is 2. The van der Waals surface area contributed by atoms with E-state index < -0.39 is 17.6 Å². The molecule has 2 N–H and O–H groups in total. The third-order valence-electron chi connectivity index (χ3n) is 3.39. The summed E-state index contributed by atoms with van der Waals surface area (Å²) in [6.45, 7) is 3.53. The number of rotatable bonds is 4. The third kappa shape index (κ3) is 5.07. The van der Waals surface area contributed by atoms with Gasteiger partial charge in [-0.25, -0.2) is 0 Å². The molecule has 0 aromatic heterocycles. The zero-order chi connectivity index (χ0) is 18.6. The molecule has 0 radical (unpaired) electrons. The number of carbonyl (C=O) groups is 2. The fourth-order valence-electron chi connectivity index (χ4n) is 1.96. The van der Waals surface area contributed by atoms with Gasteiger partial charge in [0.1, 0.15) is 0 Å². The highest BCUT2D eigenvalue weighted by molar-refractivity contribution is 6.04. The summed E-state index contributed by atoms with van der Waals surface area (Å²) in [5, 5.41) is 5.22. The first-order valence-corrected chi connectivity index (χ1v) is 7.56. The van der Waals surface area contributed by atoms with E-state index in [1.165, 1.54) is 12.1 Å². The minimum absolute atomic E-state index is 0.0907. The lowest BCUT2D eigenvalue weighted by molar-refractivity contribution is -0.137. The van der Waals surface area contributed by atoms with Gasteiger partial charge in [0.2, 0.25) is 5.91 Å². The van der Waals surface area contributed by atoms with Crippen molar-refractivity contribution in [3.63, 3.8) is 0 Å². The van der Waals surface area contributed by atoms with Crippen molar-refractivity contribution in [1.29, 1.82) is 0 Å². The van der Waals surface area contributed by atoms with Crippen LogP contribution in [0.3, 0.4) is 0 Å². The lowest BCUT2D eigenvalue weighted by Gasteiger charge is -2.10. The number of alkyl halides is 3. The summed E-state index contributed by atoms with van der Waals surface area (Å²) in [6, 6.07) is 10.5. The topological polar surface area (TPSA) is 58.2 Å². The number of hydrogen-bond donors (Lipinski definition) is 2. The molecule has 0 unspecified atom stereocenters. The van der Waals surface area contributed by atoms with Gasteiger partial charge in [-0.1, -0.05) is 19.9 Å². The third-order valence-corrected chi connectivity index (χ3v) is 3.39. The zero-order valence-corrected chi connectivity index (χ0v) is 13.6. The Balaban J connectivity index is 2.07. The molecule has 132 valence electrons. The summed E-state index contributed by atoms with van der Waals surface area (Å²) in [5.41, 5.74) is -0.000340. The number of hydrogen-bond acceptors (Lipinski definition) is 2. The maximum Gasteiger partial charge on any atom is 0.416 e. The van der Waals surface area contributed by atoms with Gasteiger partial charge in [-0.3, -0.25) is 9.59 Å². The summed E-state index contributed by atoms with van der Waals surface area (Å²) >= 11 is 0. The smallest absolute Gasteiger partial charge is 0.326 e. The highest BCUT2D eigenvalue weighted by Gasteiger charge is 2.30. The monoisotopic (exact) mass is 350 g/mol. The minimum Gasteiger partial charge on any atom is -0.326 e. The number of halogens is 3. The zero-order valence-electron chi connectivity index (χ0n) is 13.6. The number of nitrogens with one attached hydrogen (secondary N) is 2. The molecule has 0 aliphatic heterocycles. The van der Waals surface area contributed by atoms with Gasteiger partial charge in [0.05, 0.1) is 5.56 Å². The standard InChI is InChI=1S/C18H17F3N2O2/c1-11(2)16(24)22-14-6-8-15(9-7-14)23-17(25)12-4-3-5-13(10-12)18(19,20)21/h3-11H,1-2H3,(H,22,24)(H,23,25). The van der Waals surface area contributed by atoms with Crippen LogP contribution in [0.15, 0.2) is 48.5 Å². The average molecular weight is 350 g/mol. The van der Waals surface area contributed by atoms with Gasteiger partial charge in [0, 0.05) is 22.9 Å². The molecule has 0 fully saturated rings. The molecule has 0 bridgehead atoms.